The molecule has 1 amide bonds. The van der Waals surface area contributed by atoms with Gasteiger partial charge in [0, 0.05) is 23.5 Å². The van der Waals surface area contributed by atoms with Gasteiger partial charge in [0.2, 0.25) is 0 Å². The summed E-state index contributed by atoms with van der Waals surface area (Å²) in [5.74, 6) is -0.793. The molecule has 6 rings (SSSR count). The largest absolute Gasteiger partial charge is 0.480 e. The van der Waals surface area contributed by atoms with E-state index in [1.54, 1.807) is 11.8 Å². The summed E-state index contributed by atoms with van der Waals surface area (Å²) >= 11 is 3.53. The molecule has 5 aromatic carbocycles. The molecule has 0 spiro atoms. The highest BCUT2D eigenvalue weighted by Gasteiger charge is 2.43. The summed E-state index contributed by atoms with van der Waals surface area (Å²) in [4.78, 5) is 28.2. The van der Waals surface area contributed by atoms with Crippen molar-refractivity contribution in [3.05, 3.63) is 162 Å². The van der Waals surface area contributed by atoms with Crippen LogP contribution in [0.5, 0.6) is 0 Å². The van der Waals surface area contributed by atoms with Gasteiger partial charge in [-0.05, 0) is 71.3 Å². The monoisotopic (exact) mass is 701 g/mol. The molecule has 1 fully saturated rings. The molecule has 50 heavy (non-hydrogen) atoms. The van der Waals surface area contributed by atoms with Crippen LogP contribution >= 0.6 is 23.5 Å². The normalized spacial score (nSPS) is 16.4. The number of amides is 1. The van der Waals surface area contributed by atoms with Gasteiger partial charge in [-0.2, -0.15) is 11.8 Å². The number of carbonyl (C=O) groups excluding carboxylic acids is 1. The van der Waals surface area contributed by atoms with Gasteiger partial charge in [0.15, 0.2) is 0 Å². The Bertz CT molecular complexity index is 1760. The molecule has 0 bridgehead atoms. The molecule has 1 saturated heterocycles. The first kappa shape index (κ1) is 35.3. The first-order valence-corrected chi connectivity index (χ1v) is 19.2. The van der Waals surface area contributed by atoms with Crippen molar-refractivity contribution in [3.63, 3.8) is 0 Å². The predicted octanol–water partition coefficient (Wildman–Crippen LogP) is 8.14. The number of carboxylic acids is 1. The van der Waals surface area contributed by atoms with Crippen LogP contribution in [0, 0.1) is 0 Å². The second kappa shape index (κ2) is 16.5. The van der Waals surface area contributed by atoms with Gasteiger partial charge in [-0.3, -0.25) is 10.1 Å². The van der Waals surface area contributed by atoms with Gasteiger partial charge < -0.3 is 15.3 Å². The van der Waals surface area contributed by atoms with E-state index >= 15 is 0 Å². The van der Waals surface area contributed by atoms with Crippen molar-refractivity contribution in [2.75, 3.05) is 30.5 Å². The van der Waals surface area contributed by atoms with E-state index in [0.29, 0.717) is 17.7 Å². The molecule has 0 aromatic heterocycles. The van der Waals surface area contributed by atoms with Crippen LogP contribution in [-0.4, -0.2) is 60.0 Å². The molecule has 5 aromatic rings. The standard InChI is InChI=1S/C42H43N3O3S2/c1-45(34-23-24-35(30-15-7-3-8-16-30)36(29-34)40(46)44-37(41(47)48)26-28-49-2)39-38(25-27-43-39)50-42(31-17-9-4-10-18-31,32-19-11-5-12-20-32)33-21-13-6-14-22-33/h3-24,29,37-39,43H,25-28H2,1-2H3,(H,44,46)(H,47,48)/t37-,38?,39?/m0/s1. The number of hydrogen-bond acceptors (Lipinski definition) is 6. The van der Waals surface area contributed by atoms with Crippen LogP contribution < -0.4 is 15.5 Å². The lowest BCUT2D eigenvalue weighted by Crippen LogP contribution is -2.46. The van der Waals surface area contributed by atoms with Crippen LogP contribution in [0.3, 0.4) is 0 Å². The van der Waals surface area contributed by atoms with Crippen molar-refractivity contribution < 1.29 is 14.7 Å². The fourth-order valence-electron chi connectivity index (χ4n) is 6.82. The third kappa shape index (κ3) is 7.63. The molecular weight excluding hydrogens is 659 g/mol. The molecule has 0 radical (unpaired) electrons. The minimum Gasteiger partial charge on any atom is -0.480 e. The fourth-order valence-corrected chi connectivity index (χ4v) is 9.21. The van der Waals surface area contributed by atoms with Crippen molar-refractivity contribution in [3.8, 4) is 11.1 Å². The minimum atomic E-state index is -1.03. The highest BCUT2D eigenvalue weighted by molar-refractivity contribution is 8.01. The number of rotatable bonds is 14. The van der Waals surface area contributed by atoms with Crippen LogP contribution in [0.1, 0.15) is 39.9 Å². The minimum absolute atomic E-state index is 0.0395. The van der Waals surface area contributed by atoms with E-state index in [1.807, 2.05) is 60.5 Å². The predicted molar refractivity (Wildman–Crippen MR) is 209 cm³/mol. The smallest absolute Gasteiger partial charge is 0.326 e. The summed E-state index contributed by atoms with van der Waals surface area (Å²) < 4.78 is -0.468. The number of thioether (sulfide) groups is 2. The molecule has 6 nitrogen and oxygen atoms in total. The van der Waals surface area contributed by atoms with Gasteiger partial charge in [-0.15, -0.1) is 11.8 Å². The topological polar surface area (TPSA) is 81.7 Å². The summed E-state index contributed by atoms with van der Waals surface area (Å²) in [5.41, 5.74) is 6.64. The van der Waals surface area contributed by atoms with Gasteiger partial charge in [0.1, 0.15) is 6.04 Å². The van der Waals surface area contributed by atoms with Gasteiger partial charge in [-0.25, -0.2) is 4.79 Å². The molecule has 1 aliphatic heterocycles. The van der Waals surface area contributed by atoms with E-state index in [4.69, 9.17) is 0 Å². The quantitative estimate of drug-likeness (QED) is 0.101. The van der Waals surface area contributed by atoms with Crippen molar-refractivity contribution in [1.29, 1.82) is 0 Å². The number of nitrogens with one attached hydrogen (secondary N) is 2. The number of anilines is 1. The Balaban J connectivity index is 1.38. The highest BCUT2D eigenvalue weighted by Crippen LogP contribution is 2.52. The Morgan fingerprint density at radius 1 is 0.840 bits per heavy atom. The maximum atomic E-state index is 13.9. The summed E-state index contributed by atoms with van der Waals surface area (Å²) in [5, 5.41) is 16.7. The van der Waals surface area contributed by atoms with Crippen LogP contribution in [0.2, 0.25) is 0 Å². The Kier molecular flexibility index (Phi) is 11.6. The maximum Gasteiger partial charge on any atom is 0.326 e. The third-order valence-corrected chi connectivity index (χ3v) is 11.9. The van der Waals surface area contributed by atoms with E-state index in [9.17, 15) is 14.7 Å². The summed E-state index contributed by atoms with van der Waals surface area (Å²) in [6.45, 7) is 0.853. The highest BCUT2D eigenvalue weighted by atomic mass is 32.2. The lowest BCUT2D eigenvalue weighted by atomic mass is 9.84. The molecule has 8 heteroatoms. The average Bonchev–Trinajstić information content (AvgIpc) is 3.64. The second-order valence-electron chi connectivity index (χ2n) is 12.5. The zero-order chi connectivity index (χ0) is 34.9. The van der Waals surface area contributed by atoms with Crippen molar-refractivity contribution >= 4 is 41.1 Å². The molecule has 256 valence electrons. The molecule has 3 atom stereocenters. The molecule has 1 aliphatic rings. The average molecular weight is 702 g/mol. The second-order valence-corrected chi connectivity index (χ2v) is 14.9. The van der Waals surface area contributed by atoms with Crippen molar-refractivity contribution in [1.82, 2.24) is 10.6 Å². The number of aliphatic carboxylic acids is 1. The van der Waals surface area contributed by atoms with Gasteiger partial charge >= 0.3 is 5.97 Å². The van der Waals surface area contributed by atoms with Crippen molar-refractivity contribution in [2.24, 2.45) is 0 Å². The first-order chi connectivity index (χ1) is 24.4. The number of hydrogen-bond donors (Lipinski definition) is 3. The zero-order valence-corrected chi connectivity index (χ0v) is 30.0. The number of benzene rings is 5. The molecule has 0 saturated carbocycles. The zero-order valence-electron chi connectivity index (χ0n) is 28.4. The summed E-state index contributed by atoms with van der Waals surface area (Å²) in [6.07, 6.45) is 3.19. The molecule has 3 N–H and O–H groups in total. The van der Waals surface area contributed by atoms with Crippen LogP contribution in [0.4, 0.5) is 5.69 Å². The van der Waals surface area contributed by atoms with E-state index in [0.717, 1.165) is 29.8 Å². The Hall–Kier alpha value is -4.50. The van der Waals surface area contributed by atoms with E-state index in [1.165, 1.54) is 16.7 Å². The molecule has 2 unspecified atom stereocenters. The van der Waals surface area contributed by atoms with Gasteiger partial charge in [-0.1, -0.05) is 127 Å². The Morgan fingerprint density at radius 2 is 1.38 bits per heavy atom. The molecule has 1 heterocycles. The Morgan fingerprint density at radius 3 is 1.90 bits per heavy atom. The molecule has 0 aliphatic carbocycles. The third-order valence-electron chi connectivity index (χ3n) is 9.37. The Labute approximate surface area is 303 Å². The molecular formula is C42H43N3O3S2. The van der Waals surface area contributed by atoms with Crippen LogP contribution in [-0.2, 0) is 9.54 Å². The lowest BCUT2D eigenvalue weighted by Gasteiger charge is -2.40. The van der Waals surface area contributed by atoms with Gasteiger partial charge in [0.25, 0.3) is 5.91 Å². The number of carboxylic acid groups (broad SMARTS) is 1. The van der Waals surface area contributed by atoms with E-state index in [-0.39, 0.29) is 11.4 Å². The van der Waals surface area contributed by atoms with Crippen LogP contribution in [0.25, 0.3) is 11.1 Å². The SMILES string of the molecule is CSCC[C@H](NC(=O)c1cc(N(C)C2NCCC2SC(c2ccccc2)(c2ccccc2)c2ccccc2)ccc1-c1ccccc1)C(=O)O. The van der Waals surface area contributed by atoms with E-state index in [2.05, 4.69) is 120 Å². The first-order valence-electron chi connectivity index (χ1n) is 16.9. The summed E-state index contributed by atoms with van der Waals surface area (Å²) in [6, 6.07) is 47.0. The fraction of sp³-hybridized carbons (Fsp3) is 0.238. The van der Waals surface area contributed by atoms with E-state index < -0.39 is 22.7 Å². The number of nitrogens with zero attached hydrogens (tertiary/aromatic N) is 1. The van der Waals surface area contributed by atoms with Crippen LogP contribution in [0.15, 0.2) is 140 Å². The maximum absolute atomic E-state index is 13.9. The number of carbonyl (C=O) groups is 2. The lowest BCUT2D eigenvalue weighted by molar-refractivity contribution is -0.139. The summed E-state index contributed by atoms with van der Waals surface area (Å²) in [7, 11) is 2.07. The van der Waals surface area contributed by atoms with Gasteiger partial charge in [0.05, 0.1) is 10.9 Å². The van der Waals surface area contributed by atoms with Crippen molar-refractivity contribution in [2.45, 2.75) is 35.0 Å².